The first kappa shape index (κ1) is 13.3. The Morgan fingerprint density at radius 3 is 2.95 bits per heavy atom. The van der Waals surface area contributed by atoms with E-state index in [9.17, 15) is 4.79 Å². The van der Waals surface area contributed by atoms with Crippen LogP contribution in [0.25, 0.3) is 10.1 Å². The molecule has 1 aliphatic rings. The van der Waals surface area contributed by atoms with Crippen molar-refractivity contribution in [1.29, 1.82) is 0 Å². The van der Waals surface area contributed by atoms with Crippen LogP contribution in [0.15, 0.2) is 18.2 Å². The minimum absolute atomic E-state index is 0.157. The molecule has 0 saturated carbocycles. The largest absolute Gasteiger partial charge is 0.476 e. The molecule has 1 aromatic heterocycles. The molecule has 1 saturated heterocycles. The highest BCUT2D eigenvalue weighted by Gasteiger charge is 2.24. The average molecular weight is 291 g/mol. The molecule has 0 radical (unpaired) electrons. The van der Waals surface area contributed by atoms with E-state index in [1.807, 2.05) is 12.1 Å². The van der Waals surface area contributed by atoms with Gasteiger partial charge in [-0.15, -0.1) is 0 Å². The quantitative estimate of drug-likeness (QED) is 0.939. The number of aromatic carboxylic acids is 1. The van der Waals surface area contributed by atoms with Crippen molar-refractivity contribution in [2.24, 2.45) is 0 Å². The summed E-state index contributed by atoms with van der Waals surface area (Å²) in [5, 5.41) is 9.81. The standard InChI is InChI=1S/C14H17N3O2S/c1-16(2)10-5-6-17(8-10)9-3-4-11-12(7-9)20-15-13(11)14(18)19/h3-4,7,10H,5-6,8H2,1-2H3,(H,18,19)/t10-/m1/s1. The summed E-state index contributed by atoms with van der Waals surface area (Å²) in [6.07, 6.45) is 1.16. The number of carboxylic acids is 1. The Kier molecular flexibility index (Phi) is 3.35. The number of hydrogen-bond acceptors (Lipinski definition) is 5. The van der Waals surface area contributed by atoms with E-state index < -0.39 is 5.97 Å². The highest BCUT2D eigenvalue weighted by Crippen LogP contribution is 2.30. The van der Waals surface area contributed by atoms with Crippen molar-refractivity contribution in [3.8, 4) is 0 Å². The van der Waals surface area contributed by atoms with Crippen molar-refractivity contribution in [2.45, 2.75) is 12.5 Å². The first-order valence-electron chi connectivity index (χ1n) is 6.60. The zero-order chi connectivity index (χ0) is 14.3. The highest BCUT2D eigenvalue weighted by atomic mass is 32.1. The lowest BCUT2D eigenvalue weighted by molar-refractivity contribution is 0.0694. The number of benzene rings is 1. The monoisotopic (exact) mass is 291 g/mol. The molecule has 0 unspecified atom stereocenters. The number of nitrogens with zero attached hydrogens (tertiary/aromatic N) is 3. The molecule has 5 nitrogen and oxygen atoms in total. The Morgan fingerprint density at radius 2 is 2.30 bits per heavy atom. The first-order valence-corrected chi connectivity index (χ1v) is 7.37. The van der Waals surface area contributed by atoms with Crippen LogP contribution in [0.1, 0.15) is 16.9 Å². The fourth-order valence-corrected chi connectivity index (χ4v) is 3.48. The Balaban J connectivity index is 1.89. The van der Waals surface area contributed by atoms with Gasteiger partial charge in [0.05, 0.1) is 4.70 Å². The van der Waals surface area contributed by atoms with Gasteiger partial charge < -0.3 is 14.9 Å². The number of hydrogen-bond donors (Lipinski definition) is 1. The third kappa shape index (κ3) is 2.25. The lowest BCUT2D eigenvalue weighted by Crippen LogP contribution is -2.31. The summed E-state index contributed by atoms with van der Waals surface area (Å²) in [6.45, 7) is 2.06. The third-order valence-electron chi connectivity index (χ3n) is 3.92. The van der Waals surface area contributed by atoms with Crippen LogP contribution in [0.5, 0.6) is 0 Å². The van der Waals surface area contributed by atoms with Crippen LogP contribution in [0.4, 0.5) is 5.69 Å². The van der Waals surface area contributed by atoms with E-state index in [0.717, 1.165) is 35.3 Å². The third-order valence-corrected chi connectivity index (χ3v) is 4.73. The molecule has 2 heterocycles. The van der Waals surface area contributed by atoms with Crippen LogP contribution in [0.3, 0.4) is 0 Å². The van der Waals surface area contributed by atoms with Crippen LogP contribution in [0, 0.1) is 0 Å². The summed E-state index contributed by atoms with van der Waals surface area (Å²) in [7, 11) is 4.22. The molecule has 0 aliphatic carbocycles. The van der Waals surface area contributed by atoms with Crippen molar-refractivity contribution in [1.82, 2.24) is 9.27 Å². The maximum Gasteiger partial charge on any atom is 0.356 e. The summed E-state index contributed by atoms with van der Waals surface area (Å²) >= 11 is 1.25. The number of fused-ring (bicyclic) bond motifs is 1. The topological polar surface area (TPSA) is 56.7 Å². The van der Waals surface area contributed by atoms with Gasteiger partial charge in [0.15, 0.2) is 5.69 Å². The predicted molar refractivity (Wildman–Crippen MR) is 80.9 cm³/mol. The van der Waals surface area contributed by atoms with Crippen molar-refractivity contribution in [2.75, 3.05) is 32.1 Å². The van der Waals surface area contributed by atoms with E-state index in [0.29, 0.717) is 6.04 Å². The van der Waals surface area contributed by atoms with E-state index in [2.05, 4.69) is 34.3 Å². The van der Waals surface area contributed by atoms with Crippen LogP contribution in [0.2, 0.25) is 0 Å². The number of anilines is 1. The maximum absolute atomic E-state index is 11.1. The van der Waals surface area contributed by atoms with Crippen molar-refractivity contribution in [3.63, 3.8) is 0 Å². The molecule has 1 aromatic carbocycles. The molecule has 1 fully saturated rings. The van der Waals surface area contributed by atoms with Crippen LogP contribution in [-0.2, 0) is 0 Å². The van der Waals surface area contributed by atoms with Crippen LogP contribution in [-0.4, -0.2) is 53.6 Å². The van der Waals surface area contributed by atoms with Gasteiger partial charge in [-0.1, -0.05) is 0 Å². The molecular weight excluding hydrogens is 274 g/mol. The molecular formula is C14H17N3O2S. The molecule has 2 aromatic rings. The second-order valence-corrected chi connectivity index (χ2v) is 6.17. The highest BCUT2D eigenvalue weighted by molar-refractivity contribution is 7.13. The van der Waals surface area contributed by atoms with Crippen molar-refractivity contribution in [3.05, 3.63) is 23.9 Å². The molecule has 1 atom stereocenters. The molecule has 0 spiro atoms. The molecule has 0 bridgehead atoms. The number of rotatable bonds is 3. The average Bonchev–Trinajstić information content (AvgIpc) is 3.04. The van der Waals surface area contributed by atoms with Gasteiger partial charge in [-0.2, -0.15) is 4.37 Å². The van der Waals surface area contributed by atoms with Gasteiger partial charge in [-0.25, -0.2) is 4.79 Å². The summed E-state index contributed by atoms with van der Waals surface area (Å²) in [4.78, 5) is 15.7. The van der Waals surface area contributed by atoms with Gasteiger partial charge in [0.1, 0.15) is 0 Å². The summed E-state index contributed by atoms with van der Waals surface area (Å²) in [5.74, 6) is -0.960. The predicted octanol–water partition coefficient (Wildman–Crippen LogP) is 2.13. The second-order valence-electron chi connectivity index (χ2n) is 5.37. The maximum atomic E-state index is 11.1. The molecule has 1 aliphatic heterocycles. The van der Waals surface area contributed by atoms with E-state index in [4.69, 9.17) is 5.11 Å². The number of likely N-dealkylation sites (N-methyl/N-ethyl adjacent to an activating group) is 1. The van der Waals surface area contributed by atoms with Crippen LogP contribution >= 0.6 is 11.5 Å². The molecule has 3 rings (SSSR count). The smallest absolute Gasteiger partial charge is 0.356 e. The van der Waals surface area contributed by atoms with Gasteiger partial charge in [0.25, 0.3) is 0 Å². The molecule has 106 valence electrons. The minimum atomic E-state index is -0.960. The van der Waals surface area contributed by atoms with E-state index in [1.54, 1.807) is 0 Å². The first-order chi connectivity index (χ1) is 9.56. The molecule has 20 heavy (non-hydrogen) atoms. The summed E-state index contributed by atoms with van der Waals surface area (Å²) < 4.78 is 4.96. The number of aromatic nitrogens is 1. The Bertz CT molecular complexity index is 653. The van der Waals surface area contributed by atoms with Gasteiger partial charge >= 0.3 is 5.97 Å². The Morgan fingerprint density at radius 1 is 1.50 bits per heavy atom. The number of carboxylic acid groups (broad SMARTS) is 1. The molecule has 1 N–H and O–H groups in total. The van der Waals surface area contributed by atoms with E-state index in [-0.39, 0.29) is 5.69 Å². The van der Waals surface area contributed by atoms with E-state index >= 15 is 0 Å². The minimum Gasteiger partial charge on any atom is -0.476 e. The van der Waals surface area contributed by atoms with Crippen molar-refractivity contribution >= 4 is 33.3 Å². The molecule has 0 amide bonds. The number of carbonyl (C=O) groups is 1. The Hall–Kier alpha value is -1.66. The van der Waals surface area contributed by atoms with Crippen LogP contribution < -0.4 is 4.90 Å². The zero-order valence-electron chi connectivity index (χ0n) is 11.5. The fraction of sp³-hybridized carbons (Fsp3) is 0.429. The van der Waals surface area contributed by atoms with Crippen molar-refractivity contribution < 1.29 is 9.90 Å². The lowest BCUT2D eigenvalue weighted by atomic mass is 10.2. The Labute approximate surface area is 121 Å². The normalized spacial score (nSPS) is 19.1. The molecule has 6 heteroatoms. The zero-order valence-corrected chi connectivity index (χ0v) is 12.4. The van der Waals surface area contributed by atoms with Gasteiger partial charge in [-0.3, -0.25) is 0 Å². The summed E-state index contributed by atoms with van der Waals surface area (Å²) in [5.41, 5.74) is 1.31. The summed E-state index contributed by atoms with van der Waals surface area (Å²) in [6, 6.07) is 6.51. The lowest BCUT2D eigenvalue weighted by Gasteiger charge is -2.21. The van der Waals surface area contributed by atoms with Gasteiger partial charge in [0.2, 0.25) is 0 Å². The van der Waals surface area contributed by atoms with Gasteiger partial charge in [-0.05, 0) is 50.2 Å². The van der Waals surface area contributed by atoms with E-state index in [1.165, 1.54) is 11.5 Å². The second kappa shape index (κ2) is 5.03. The fourth-order valence-electron chi connectivity index (χ4n) is 2.67. The SMILES string of the molecule is CN(C)[C@@H]1CCN(c2ccc3c(C(=O)O)nsc3c2)C1. The van der Waals surface area contributed by atoms with Gasteiger partial charge in [0, 0.05) is 30.2 Å².